The molecule has 12 unspecified atom stereocenters. The normalized spacial score (nSPS) is 44.4. The lowest BCUT2D eigenvalue weighted by Crippen LogP contribution is -3.00. The van der Waals surface area contributed by atoms with Gasteiger partial charge in [0.1, 0.15) is 65.6 Å². The van der Waals surface area contributed by atoms with E-state index in [0.717, 1.165) is 190 Å². The molecule has 99 heavy (non-hydrogen) atoms. The highest BCUT2D eigenvalue weighted by atomic mass is 79.9. The minimum absolute atomic E-state index is 0. The van der Waals surface area contributed by atoms with Gasteiger partial charge < -0.3 is 70.3 Å². The molecule has 24 rings (SSSR count). The van der Waals surface area contributed by atoms with E-state index in [2.05, 4.69) is 74.1 Å². The maximum absolute atomic E-state index is 12.9. The van der Waals surface area contributed by atoms with Crippen LogP contribution in [-0.2, 0) is 80.7 Å². The fourth-order valence-electron chi connectivity index (χ4n) is 27.3. The molecular weight excluding hydrogens is 1320 g/mol. The van der Waals surface area contributed by atoms with Crippen molar-refractivity contribution in [2.75, 3.05) is 72.7 Å². The summed E-state index contributed by atoms with van der Waals surface area (Å²) in [5, 5.41) is 26.8. The van der Waals surface area contributed by atoms with Crippen LogP contribution in [0.15, 0.2) is 86.5 Å². The molecule has 8 spiro atoms. The molecule has 20 aliphatic rings. The number of Topliss-reactive ketones (excluding diaryl/α,β-unsaturated/α-hetero) is 4. The van der Waals surface area contributed by atoms with Gasteiger partial charge >= 0.3 is 0 Å². The second-order valence-corrected chi connectivity index (χ2v) is 33.3. The molecule has 12 fully saturated rings. The van der Waals surface area contributed by atoms with E-state index < -0.39 is 17.6 Å². The number of nitrogens with zero attached hydrogens (tertiary/aromatic N) is 4. The van der Waals surface area contributed by atoms with Crippen LogP contribution in [-0.4, -0.2) is 196 Å². The summed E-state index contributed by atoms with van der Waals surface area (Å²) >= 11 is 0. The van der Waals surface area contributed by atoms with Crippen LogP contribution >= 0.6 is 0 Å². The zero-order valence-corrected chi connectivity index (χ0v) is 58.2. The highest BCUT2D eigenvalue weighted by molar-refractivity contribution is 5.93. The second-order valence-electron chi connectivity index (χ2n) is 33.3. The van der Waals surface area contributed by atoms with Crippen molar-refractivity contribution in [3.05, 3.63) is 142 Å². The third-order valence-electron chi connectivity index (χ3n) is 30.8. The summed E-state index contributed by atoms with van der Waals surface area (Å²) in [6.45, 7) is 26.2. The van der Waals surface area contributed by atoms with Gasteiger partial charge in [-0.15, -0.1) is 0 Å². The first kappa shape index (κ1) is 63.6. The molecule has 3 N–H and O–H groups in total. The average molecular weight is 1410 g/mol. The standard InChI is InChI=1S/C21H24NO3.C20H22N2O3.C20H21NO4.C18H19NO3.BrH.H2O/c1-3-9-22-10-8-20-17-14-5-4-13(2)18(17)25-19(20)15(23)6-7-21(20,24-12-22)16(22)11-14;1-2-8-22-9-7-19-16-12-3-4-13(23)17(16)25-18(19)14(24)5-6-20(19,21-11-22)15(22)10-12;1-2-8-21-9-7-19-16-12-3-4-13(22)17(16)25-18(19)14(23)5-6-20(19,24-11-21)15(21)10-12;1-10-2-3-11-8-13-18-5-4-12(20)16-17(18,14(11)15(10)22-16)6-7-19(13)9-21-18;;/h3-5,16,19H,1,6-12H2,2H3;2-4,15,18,21H,1,5-11H2;2-4,15,18H,1,5-11H2;2-3,13,16H,4-9H2,1H3;1H;1H2/q+1;;;;;/p-1/t16-,19+,20+,21-,22?;;;13-,16+,17+,18-;;/m1..1../s1. The van der Waals surface area contributed by atoms with E-state index in [1.807, 2.05) is 24.3 Å². The van der Waals surface area contributed by atoms with Crippen molar-refractivity contribution >= 4 is 23.1 Å². The number of ketones is 4. The first-order valence-corrected chi connectivity index (χ1v) is 36.4. The van der Waals surface area contributed by atoms with Crippen molar-refractivity contribution in [1.82, 2.24) is 10.2 Å². The van der Waals surface area contributed by atoms with Crippen LogP contribution in [0.3, 0.4) is 0 Å². The van der Waals surface area contributed by atoms with Crippen LogP contribution in [0.5, 0.6) is 34.5 Å². The Morgan fingerprint density at radius 1 is 0.525 bits per heavy atom. The zero-order valence-electron chi connectivity index (χ0n) is 56.6. The number of aryl methyl sites for hydroxylation is 2. The Labute approximate surface area is 587 Å². The third-order valence-corrected chi connectivity index (χ3v) is 30.8. The van der Waals surface area contributed by atoms with Gasteiger partial charge in [-0.3, -0.25) is 38.4 Å². The lowest BCUT2D eigenvalue weighted by molar-refractivity contribution is -0.947. The summed E-state index contributed by atoms with van der Waals surface area (Å²) in [6.07, 6.45) is 17.7. The highest BCUT2D eigenvalue weighted by Gasteiger charge is 2.84. The van der Waals surface area contributed by atoms with Crippen molar-refractivity contribution in [2.45, 2.75) is 209 Å². The summed E-state index contributed by atoms with van der Waals surface area (Å²) in [5.41, 5.74) is 10.1. The maximum atomic E-state index is 12.9. The molecule has 520 valence electrons. The van der Waals surface area contributed by atoms with E-state index in [9.17, 15) is 29.4 Å². The van der Waals surface area contributed by atoms with Gasteiger partial charge in [0.2, 0.25) is 0 Å². The Morgan fingerprint density at radius 3 is 1.54 bits per heavy atom. The average Bonchev–Trinajstić information content (AvgIpc) is 1.53. The quantitative estimate of drug-likeness (QED) is 0.208. The number of hydrogen-bond donors (Lipinski definition) is 2. The number of quaternary nitrogens is 3. The number of phenols is 1. The summed E-state index contributed by atoms with van der Waals surface area (Å²) in [4.78, 5) is 53.8. The minimum Gasteiger partial charge on any atom is -1.00 e. The van der Waals surface area contributed by atoms with Crippen LogP contribution in [0.1, 0.15) is 133 Å². The third kappa shape index (κ3) is 6.79. The molecular formula is C79H88BrN5O14. The molecule has 20 heteroatoms. The summed E-state index contributed by atoms with van der Waals surface area (Å²) in [6, 6.07) is 17.8. The van der Waals surface area contributed by atoms with Crippen molar-refractivity contribution in [3.63, 3.8) is 0 Å². The van der Waals surface area contributed by atoms with Crippen molar-refractivity contribution in [1.29, 1.82) is 0 Å². The van der Waals surface area contributed by atoms with Gasteiger partial charge in [0.25, 0.3) is 0 Å². The molecule has 20 atom stereocenters. The molecule has 12 heterocycles. The number of carbonyl (C=O) groups excluding carboxylic acids is 4. The van der Waals surface area contributed by atoms with Gasteiger partial charge in [0, 0.05) is 99.0 Å². The fourth-order valence-corrected chi connectivity index (χ4v) is 27.3. The van der Waals surface area contributed by atoms with E-state index in [4.69, 9.17) is 33.2 Å². The fraction of sp³-hybridized carbons (Fsp3) is 0.570. The number of nitrogens with one attached hydrogen (secondary N) is 1. The topological polar surface area (TPSA) is 221 Å². The number of ether oxygens (including phenoxy) is 7. The Morgan fingerprint density at radius 2 is 0.960 bits per heavy atom. The minimum atomic E-state index is -0.545. The molecule has 0 amide bonds. The number of phenolic OH excluding ortho intramolecular Hbond substituents is 1. The molecule has 8 saturated heterocycles. The SMILES string of the molecule is C=CC[N+]12CCC34c5c6ccc(O)c5OC3C(=O)CCC4(NC1)C2C6.C=CC[N+]12CCC34c5c6ccc([O-])c5OC3C(=O)CCC4(OC1)C2C6.C=CC[N+]12CC[C@]34c5c6ccc(C)c5O[C@H]3C(=O)CC[C@@]4(OC1)[C@H]2C6.Cc1ccc2c3c1O[C@H]1C(=O)CC[C@]45OCN(CC[C@]314)[C@@H]5C2.[Br-].[OH-]. The van der Waals surface area contributed by atoms with Gasteiger partial charge in [0.05, 0.1) is 66.5 Å². The molecule has 12 aliphatic heterocycles. The Kier molecular flexibility index (Phi) is 13.1. The monoisotopic (exact) mass is 1410 g/mol. The van der Waals surface area contributed by atoms with Crippen LogP contribution in [0.4, 0.5) is 0 Å². The summed E-state index contributed by atoms with van der Waals surface area (Å²) < 4.78 is 47.7. The highest BCUT2D eigenvalue weighted by Crippen LogP contribution is 2.73. The van der Waals surface area contributed by atoms with Crippen LogP contribution in [0.2, 0.25) is 0 Å². The smallest absolute Gasteiger partial charge is 0.184 e. The number of benzene rings is 4. The maximum Gasteiger partial charge on any atom is 0.184 e. The van der Waals surface area contributed by atoms with Gasteiger partial charge in [0.15, 0.2) is 72.5 Å². The lowest BCUT2D eigenvalue weighted by Gasteiger charge is -2.61. The largest absolute Gasteiger partial charge is 1.00 e. The van der Waals surface area contributed by atoms with E-state index in [0.29, 0.717) is 68.1 Å². The first-order valence-electron chi connectivity index (χ1n) is 36.4. The molecule has 4 aromatic carbocycles. The predicted molar refractivity (Wildman–Crippen MR) is 352 cm³/mol. The summed E-state index contributed by atoms with van der Waals surface area (Å²) in [5.74, 6) is 3.93. The number of rotatable bonds is 6. The van der Waals surface area contributed by atoms with Crippen LogP contribution < -0.4 is 46.4 Å². The van der Waals surface area contributed by atoms with Crippen LogP contribution in [0, 0.1) is 13.8 Å². The zero-order chi connectivity index (χ0) is 65.8. The van der Waals surface area contributed by atoms with Crippen molar-refractivity contribution in [3.8, 4) is 34.5 Å². The Bertz CT molecular complexity index is 4060. The van der Waals surface area contributed by atoms with Crippen molar-refractivity contribution < 1.29 is 98.5 Å². The second kappa shape index (κ2) is 20.3. The number of piperidine rings is 4. The van der Waals surface area contributed by atoms with E-state index in [-0.39, 0.29) is 108 Å². The number of hydrogen-bond acceptors (Lipinski definition) is 16. The van der Waals surface area contributed by atoms with Gasteiger partial charge in [-0.1, -0.05) is 68.0 Å². The Balaban J connectivity index is 0.0000000917. The predicted octanol–water partition coefficient (Wildman–Crippen LogP) is 3.52. The van der Waals surface area contributed by atoms with E-state index in [1.54, 1.807) is 12.1 Å². The molecule has 4 aromatic rings. The molecule has 4 saturated carbocycles. The van der Waals surface area contributed by atoms with Gasteiger partial charge in [-0.2, -0.15) is 0 Å². The van der Waals surface area contributed by atoms with E-state index in [1.165, 1.54) is 33.4 Å². The molecule has 19 nitrogen and oxygen atoms in total. The first-order chi connectivity index (χ1) is 46.9. The van der Waals surface area contributed by atoms with Crippen LogP contribution in [0.25, 0.3) is 0 Å². The summed E-state index contributed by atoms with van der Waals surface area (Å²) in [7, 11) is 0. The number of halogens is 1. The van der Waals surface area contributed by atoms with E-state index >= 15 is 0 Å². The number of aromatic hydroxyl groups is 1. The number of carbonyl (C=O) groups is 4. The van der Waals surface area contributed by atoms with Gasteiger partial charge in [-0.05, 0) is 110 Å². The molecule has 0 radical (unpaired) electrons. The van der Waals surface area contributed by atoms with Crippen molar-refractivity contribution in [2.24, 2.45) is 0 Å². The molecule has 0 aromatic heterocycles. The van der Waals surface area contributed by atoms with Gasteiger partial charge in [-0.25, -0.2) is 0 Å². The Hall–Kier alpha value is -6.30. The molecule has 16 bridgehead atoms. The lowest BCUT2D eigenvalue weighted by atomic mass is 9.47. The molecule has 8 aliphatic carbocycles.